The smallest absolute Gasteiger partial charge is 0.371 e. The first-order valence-corrected chi connectivity index (χ1v) is 6.67. The van der Waals surface area contributed by atoms with E-state index in [2.05, 4.69) is 0 Å². The molecule has 0 aliphatic carbocycles. The Bertz CT molecular complexity index is 674. The van der Waals surface area contributed by atoms with Gasteiger partial charge in [-0.1, -0.05) is 6.07 Å². The van der Waals surface area contributed by atoms with Crippen LogP contribution in [0.4, 0.5) is 0 Å². The van der Waals surface area contributed by atoms with E-state index in [4.69, 9.17) is 9.52 Å². The van der Waals surface area contributed by atoms with Crippen LogP contribution >= 0.6 is 0 Å². The number of likely N-dealkylation sites (tertiary alicyclic amines) is 1. The number of carbonyl (C=O) groups is 2. The largest absolute Gasteiger partial charge is 0.475 e. The van der Waals surface area contributed by atoms with E-state index in [1.165, 1.54) is 6.07 Å². The Hall–Kier alpha value is -2.30. The summed E-state index contributed by atoms with van der Waals surface area (Å²) in [7, 11) is 0. The number of aromatic carboxylic acids is 1. The zero-order valence-corrected chi connectivity index (χ0v) is 11.0. The fourth-order valence-corrected chi connectivity index (χ4v) is 2.55. The number of carboxylic acid groups (broad SMARTS) is 1. The van der Waals surface area contributed by atoms with E-state index in [-0.39, 0.29) is 11.7 Å². The molecule has 1 N–H and O–H groups in total. The summed E-state index contributed by atoms with van der Waals surface area (Å²) < 4.78 is 5.22. The average Bonchev–Trinajstić information content (AvgIpc) is 2.85. The molecule has 5 heteroatoms. The van der Waals surface area contributed by atoms with E-state index in [1.54, 1.807) is 6.07 Å². The number of hydrogen-bond donors (Lipinski definition) is 1. The Morgan fingerprint density at radius 3 is 2.90 bits per heavy atom. The molecule has 1 amide bonds. The first-order valence-electron chi connectivity index (χ1n) is 6.67. The van der Waals surface area contributed by atoms with Crippen molar-refractivity contribution in [1.29, 1.82) is 0 Å². The van der Waals surface area contributed by atoms with Crippen molar-refractivity contribution < 1.29 is 19.1 Å². The summed E-state index contributed by atoms with van der Waals surface area (Å²) in [5.41, 5.74) is 1.54. The van der Waals surface area contributed by atoms with Gasteiger partial charge in [-0.15, -0.1) is 0 Å². The van der Waals surface area contributed by atoms with Gasteiger partial charge in [0.15, 0.2) is 0 Å². The van der Waals surface area contributed by atoms with E-state index in [9.17, 15) is 9.59 Å². The monoisotopic (exact) mass is 273 g/mol. The molecule has 2 heterocycles. The number of rotatable bonds is 3. The average molecular weight is 273 g/mol. The highest BCUT2D eigenvalue weighted by Gasteiger charge is 2.18. The van der Waals surface area contributed by atoms with E-state index in [0.717, 1.165) is 30.3 Å². The van der Waals surface area contributed by atoms with Crippen molar-refractivity contribution in [2.75, 3.05) is 6.54 Å². The Labute approximate surface area is 115 Å². The highest BCUT2D eigenvalue weighted by Crippen LogP contribution is 2.22. The van der Waals surface area contributed by atoms with E-state index >= 15 is 0 Å². The van der Waals surface area contributed by atoms with Gasteiger partial charge in [0.05, 0.1) is 0 Å². The molecule has 0 radical (unpaired) electrons. The van der Waals surface area contributed by atoms with Crippen LogP contribution in [-0.4, -0.2) is 28.4 Å². The quantitative estimate of drug-likeness (QED) is 0.933. The number of carboxylic acids is 1. The number of furan rings is 1. The van der Waals surface area contributed by atoms with E-state index < -0.39 is 5.97 Å². The summed E-state index contributed by atoms with van der Waals surface area (Å²) in [6.07, 6.45) is 2.64. The van der Waals surface area contributed by atoms with Gasteiger partial charge in [0.25, 0.3) is 0 Å². The maximum Gasteiger partial charge on any atom is 0.371 e. The van der Waals surface area contributed by atoms with Crippen molar-refractivity contribution in [2.45, 2.75) is 25.8 Å². The molecule has 1 aliphatic heterocycles. The lowest BCUT2D eigenvalue weighted by Crippen LogP contribution is -2.34. The number of benzene rings is 1. The third-order valence-corrected chi connectivity index (χ3v) is 3.59. The minimum absolute atomic E-state index is 0.0637. The van der Waals surface area contributed by atoms with Crippen molar-refractivity contribution in [3.8, 4) is 0 Å². The normalized spacial score (nSPS) is 15.8. The van der Waals surface area contributed by atoms with Crippen LogP contribution in [0.25, 0.3) is 11.0 Å². The first kappa shape index (κ1) is 12.7. The molecule has 1 saturated heterocycles. The molecule has 1 aromatic heterocycles. The lowest BCUT2D eigenvalue weighted by molar-refractivity contribution is -0.133. The van der Waals surface area contributed by atoms with Crippen LogP contribution in [0.3, 0.4) is 0 Å². The number of piperidine rings is 1. The van der Waals surface area contributed by atoms with Crippen LogP contribution in [0.15, 0.2) is 28.7 Å². The molecular formula is C15H15NO4. The minimum Gasteiger partial charge on any atom is -0.475 e. The van der Waals surface area contributed by atoms with E-state index in [0.29, 0.717) is 18.5 Å². The lowest BCUT2D eigenvalue weighted by atomic mass is 10.1. The molecule has 1 aromatic carbocycles. The number of nitrogens with zero attached hydrogens (tertiary/aromatic N) is 1. The molecule has 0 unspecified atom stereocenters. The van der Waals surface area contributed by atoms with Crippen LogP contribution in [0.2, 0.25) is 0 Å². The maximum atomic E-state index is 11.8. The van der Waals surface area contributed by atoms with Gasteiger partial charge in [-0.3, -0.25) is 4.79 Å². The fourth-order valence-electron chi connectivity index (χ4n) is 2.55. The van der Waals surface area contributed by atoms with Gasteiger partial charge in [0.1, 0.15) is 5.58 Å². The predicted octanol–water partition coefficient (Wildman–Crippen LogP) is 2.64. The molecule has 104 valence electrons. The van der Waals surface area contributed by atoms with E-state index in [1.807, 2.05) is 17.0 Å². The molecule has 0 spiro atoms. The SMILES string of the molecule is O=C(O)c1cc2cc(CN3CCCCC3=O)ccc2o1. The summed E-state index contributed by atoms with van der Waals surface area (Å²) in [5, 5.41) is 9.66. The van der Waals surface area contributed by atoms with Crippen molar-refractivity contribution in [3.63, 3.8) is 0 Å². The van der Waals surface area contributed by atoms with Gasteiger partial charge in [-0.25, -0.2) is 4.79 Å². The van der Waals surface area contributed by atoms with Crippen molar-refractivity contribution in [1.82, 2.24) is 4.90 Å². The Morgan fingerprint density at radius 1 is 1.30 bits per heavy atom. The summed E-state index contributed by atoms with van der Waals surface area (Å²) in [6, 6.07) is 7.03. The zero-order chi connectivity index (χ0) is 14.1. The Kier molecular flexibility index (Phi) is 3.18. The fraction of sp³-hybridized carbons (Fsp3) is 0.333. The number of amides is 1. The second kappa shape index (κ2) is 5.00. The van der Waals surface area contributed by atoms with Gasteiger partial charge in [0.2, 0.25) is 11.7 Å². The predicted molar refractivity (Wildman–Crippen MR) is 72.4 cm³/mol. The van der Waals surface area contributed by atoms with Gasteiger partial charge in [0, 0.05) is 24.9 Å². The Morgan fingerprint density at radius 2 is 2.15 bits per heavy atom. The standard InChI is InChI=1S/C15H15NO4/c17-14-3-1-2-6-16(14)9-10-4-5-12-11(7-10)8-13(20-12)15(18)19/h4-5,7-8H,1-3,6,9H2,(H,18,19). The van der Waals surface area contributed by atoms with Crippen LogP contribution in [-0.2, 0) is 11.3 Å². The Balaban J connectivity index is 1.85. The molecule has 5 nitrogen and oxygen atoms in total. The van der Waals surface area contributed by atoms with Crippen molar-refractivity contribution in [3.05, 3.63) is 35.6 Å². The van der Waals surface area contributed by atoms with Gasteiger partial charge in [-0.05, 0) is 36.6 Å². The summed E-state index contributed by atoms with van der Waals surface area (Å²) in [5.74, 6) is -0.949. The number of fused-ring (bicyclic) bond motifs is 1. The van der Waals surface area contributed by atoms with Crippen LogP contribution in [0, 0.1) is 0 Å². The minimum atomic E-state index is -1.08. The van der Waals surface area contributed by atoms with Gasteiger partial charge >= 0.3 is 5.97 Å². The maximum absolute atomic E-state index is 11.8. The van der Waals surface area contributed by atoms with Crippen LogP contribution < -0.4 is 0 Å². The van der Waals surface area contributed by atoms with Gasteiger partial charge < -0.3 is 14.4 Å². The van der Waals surface area contributed by atoms with Gasteiger partial charge in [-0.2, -0.15) is 0 Å². The topological polar surface area (TPSA) is 70.8 Å². The molecule has 0 saturated carbocycles. The number of hydrogen-bond acceptors (Lipinski definition) is 3. The first-order chi connectivity index (χ1) is 9.63. The number of carbonyl (C=O) groups excluding carboxylic acids is 1. The van der Waals surface area contributed by atoms with Crippen molar-refractivity contribution >= 4 is 22.8 Å². The molecule has 2 aromatic rings. The molecule has 20 heavy (non-hydrogen) atoms. The molecule has 1 fully saturated rings. The third-order valence-electron chi connectivity index (χ3n) is 3.59. The summed E-state index contributed by atoms with van der Waals surface area (Å²) in [6.45, 7) is 1.37. The second-order valence-corrected chi connectivity index (χ2v) is 5.06. The highest BCUT2D eigenvalue weighted by atomic mass is 16.4. The lowest BCUT2D eigenvalue weighted by Gasteiger charge is -2.26. The molecule has 1 aliphatic rings. The highest BCUT2D eigenvalue weighted by molar-refractivity contribution is 5.91. The molecule has 0 atom stereocenters. The summed E-state index contributed by atoms with van der Waals surface area (Å²) in [4.78, 5) is 24.5. The van der Waals surface area contributed by atoms with Crippen LogP contribution in [0.5, 0.6) is 0 Å². The molecular weight excluding hydrogens is 258 g/mol. The molecule has 3 rings (SSSR count). The summed E-state index contributed by atoms with van der Waals surface area (Å²) >= 11 is 0. The van der Waals surface area contributed by atoms with Crippen LogP contribution in [0.1, 0.15) is 35.4 Å². The second-order valence-electron chi connectivity index (χ2n) is 5.06. The zero-order valence-electron chi connectivity index (χ0n) is 11.0. The third kappa shape index (κ3) is 2.39. The van der Waals surface area contributed by atoms with Crippen molar-refractivity contribution in [2.24, 2.45) is 0 Å². The molecule has 0 bridgehead atoms.